The molecule has 3 heterocycles. The van der Waals surface area contributed by atoms with E-state index in [9.17, 15) is 19.5 Å². The van der Waals surface area contributed by atoms with Crippen molar-refractivity contribution in [3.05, 3.63) is 78.9 Å². The molecular weight excluding hydrogens is 606 g/mol. The number of aliphatic hydroxyl groups is 1. The van der Waals surface area contributed by atoms with Crippen molar-refractivity contribution in [3.8, 4) is 5.75 Å². The lowest BCUT2D eigenvalue weighted by Gasteiger charge is -2.37. The monoisotopic (exact) mass is 649 g/mol. The number of amides is 3. The van der Waals surface area contributed by atoms with E-state index in [1.54, 1.807) is 45.1 Å². The molecule has 9 nitrogen and oxygen atoms in total. The first kappa shape index (κ1) is 33.7. The molecule has 46 heavy (non-hydrogen) atoms. The molecule has 10 heteroatoms. The number of carbonyl (C=O) groups excluding carboxylic acids is 3. The summed E-state index contributed by atoms with van der Waals surface area (Å²) in [7, 11) is 0. The maximum atomic E-state index is 14.7. The Balaban J connectivity index is 1.51. The van der Waals surface area contributed by atoms with Crippen molar-refractivity contribution in [3.63, 3.8) is 0 Å². The second-order valence-electron chi connectivity index (χ2n) is 12.1. The Morgan fingerprint density at radius 2 is 1.74 bits per heavy atom. The van der Waals surface area contributed by atoms with Crippen LogP contribution in [-0.4, -0.2) is 78.3 Å². The molecule has 5 rings (SSSR count). The number of aliphatic hydroxyl groups excluding tert-OH is 1. The predicted octanol–water partition coefficient (Wildman–Crippen LogP) is 5.40. The maximum Gasteiger partial charge on any atom is 0.253 e. The molecule has 3 aliphatic heterocycles. The molecule has 2 aromatic rings. The summed E-state index contributed by atoms with van der Waals surface area (Å²) in [5, 5.41) is 9.65. The first-order valence-electron chi connectivity index (χ1n) is 16.2. The van der Waals surface area contributed by atoms with E-state index in [2.05, 4.69) is 13.2 Å². The second kappa shape index (κ2) is 14.8. The van der Waals surface area contributed by atoms with Crippen LogP contribution >= 0.6 is 11.6 Å². The van der Waals surface area contributed by atoms with Gasteiger partial charge in [0.05, 0.1) is 35.3 Å². The molecule has 5 atom stereocenters. The molecule has 0 radical (unpaired) electrons. The molecule has 3 fully saturated rings. The molecule has 0 saturated carbocycles. The Hall–Kier alpha value is -3.66. The quantitative estimate of drug-likeness (QED) is 0.193. The van der Waals surface area contributed by atoms with Crippen LogP contribution in [0.3, 0.4) is 0 Å². The number of fused-ring (bicyclic) bond motifs is 1. The van der Waals surface area contributed by atoms with Gasteiger partial charge >= 0.3 is 0 Å². The number of ether oxygens (including phenoxy) is 2. The van der Waals surface area contributed by atoms with Gasteiger partial charge in [-0.2, -0.15) is 0 Å². The van der Waals surface area contributed by atoms with E-state index in [4.69, 9.17) is 21.1 Å². The normalized spacial score (nSPS) is 24.5. The molecule has 2 bridgehead atoms. The molecule has 1 N–H and O–H groups in total. The van der Waals surface area contributed by atoms with E-state index < -0.39 is 29.6 Å². The number of hydrogen-bond acceptors (Lipinski definition) is 6. The third-order valence-electron chi connectivity index (χ3n) is 9.38. The molecule has 1 spiro atoms. The van der Waals surface area contributed by atoms with E-state index in [1.165, 1.54) is 0 Å². The number of carbonyl (C=O) groups is 3. The van der Waals surface area contributed by atoms with Crippen LogP contribution in [0.5, 0.6) is 5.75 Å². The Labute approximate surface area is 276 Å². The lowest BCUT2D eigenvalue weighted by molar-refractivity contribution is -0.140. The number of nitrogens with zero attached hydrogens (tertiary/aromatic N) is 3. The SMILES string of the molecule is C=CCN(C(=O)[C@@H]1[C@@H]2CCC3(O2)C(C(=O)N(CC=C)c2ccccc2Cl)N(CCCCCCO)C(=O)[C@H]13)c1ccc(OCC)cc1. The number of likely N-dealkylation sites (tertiary alicyclic amines) is 1. The average Bonchev–Trinajstić information content (AvgIpc) is 3.70. The van der Waals surface area contributed by atoms with Crippen LogP contribution in [0, 0.1) is 11.8 Å². The van der Waals surface area contributed by atoms with Gasteiger partial charge in [0.1, 0.15) is 17.4 Å². The van der Waals surface area contributed by atoms with Crippen LogP contribution in [-0.2, 0) is 19.1 Å². The number of para-hydroxylation sites is 1. The first-order chi connectivity index (χ1) is 22.3. The molecular formula is C36H44ClN3O6. The predicted molar refractivity (Wildman–Crippen MR) is 179 cm³/mol. The van der Waals surface area contributed by atoms with E-state index in [-0.39, 0.29) is 37.4 Å². The summed E-state index contributed by atoms with van der Waals surface area (Å²) in [6.07, 6.45) is 6.79. The summed E-state index contributed by atoms with van der Waals surface area (Å²) in [4.78, 5) is 48.6. The van der Waals surface area contributed by atoms with Crippen molar-refractivity contribution in [1.29, 1.82) is 0 Å². The zero-order chi connectivity index (χ0) is 32.8. The molecule has 3 amide bonds. The first-order valence-corrected chi connectivity index (χ1v) is 16.6. The minimum Gasteiger partial charge on any atom is -0.494 e. The Morgan fingerprint density at radius 1 is 1.04 bits per heavy atom. The van der Waals surface area contributed by atoms with Gasteiger partial charge in [-0.05, 0) is 69.0 Å². The molecule has 2 unspecified atom stereocenters. The molecule has 3 saturated heterocycles. The van der Waals surface area contributed by atoms with Crippen molar-refractivity contribution in [2.45, 2.75) is 63.2 Å². The summed E-state index contributed by atoms with van der Waals surface area (Å²) in [6.45, 7) is 11.1. The van der Waals surface area contributed by atoms with Gasteiger partial charge in [0.25, 0.3) is 5.91 Å². The fourth-order valence-corrected chi connectivity index (χ4v) is 7.71. The number of halogens is 1. The lowest BCUT2D eigenvalue weighted by atomic mass is 9.70. The molecule has 3 aliphatic rings. The Kier molecular flexibility index (Phi) is 10.9. The van der Waals surface area contributed by atoms with Crippen molar-refractivity contribution in [1.82, 2.24) is 4.90 Å². The van der Waals surface area contributed by atoms with Gasteiger partial charge in [-0.3, -0.25) is 14.4 Å². The summed E-state index contributed by atoms with van der Waals surface area (Å²) in [6, 6.07) is 13.5. The van der Waals surface area contributed by atoms with E-state index in [0.717, 1.165) is 12.8 Å². The third kappa shape index (κ3) is 6.20. The van der Waals surface area contributed by atoms with Crippen LogP contribution < -0.4 is 14.5 Å². The minimum absolute atomic E-state index is 0.109. The summed E-state index contributed by atoms with van der Waals surface area (Å²) in [5.74, 6) is -1.62. The maximum absolute atomic E-state index is 14.7. The Morgan fingerprint density at radius 3 is 2.41 bits per heavy atom. The number of unbranched alkanes of at least 4 members (excludes halogenated alkanes) is 3. The van der Waals surface area contributed by atoms with E-state index in [1.807, 2.05) is 37.3 Å². The smallest absolute Gasteiger partial charge is 0.253 e. The largest absolute Gasteiger partial charge is 0.494 e. The standard InChI is InChI=1S/C36H44ClN3O6/c1-4-21-38(25-15-17-26(18-16-25)45-6-3)33(42)30-29-19-20-36(46-29)31(30)34(43)40(23-11-7-8-12-24-41)32(36)35(44)39(22-5-2)28-14-10-9-13-27(28)37/h4-5,9-10,13-18,29-32,41H,1-2,6-8,11-12,19-24H2,3H3/t29-,30+,31-,32?,36?/m0/s1. The van der Waals surface area contributed by atoms with Crippen molar-refractivity contribution < 1.29 is 29.0 Å². The van der Waals surface area contributed by atoms with E-state index in [0.29, 0.717) is 61.0 Å². The summed E-state index contributed by atoms with van der Waals surface area (Å²) >= 11 is 6.58. The minimum atomic E-state index is -1.15. The summed E-state index contributed by atoms with van der Waals surface area (Å²) in [5.41, 5.74) is 0.0424. The highest BCUT2D eigenvalue weighted by molar-refractivity contribution is 6.34. The number of rotatable bonds is 16. The number of hydrogen-bond donors (Lipinski definition) is 1. The fourth-order valence-electron chi connectivity index (χ4n) is 7.48. The van der Waals surface area contributed by atoms with Crippen LogP contribution in [0.1, 0.15) is 45.4 Å². The third-order valence-corrected chi connectivity index (χ3v) is 9.70. The zero-order valence-corrected chi connectivity index (χ0v) is 27.2. The molecule has 0 aliphatic carbocycles. The van der Waals surface area contributed by atoms with Gasteiger partial charge in [-0.15, -0.1) is 13.2 Å². The zero-order valence-electron chi connectivity index (χ0n) is 26.5. The molecule has 246 valence electrons. The Bertz CT molecular complexity index is 1430. The number of benzene rings is 2. The fraction of sp³-hybridized carbons (Fsp3) is 0.472. The van der Waals surface area contributed by atoms with Gasteiger partial charge in [0.2, 0.25) is 11.8 Å². The molecule has 0 aromatic heterocycles. The highest BCUT2D eigenvalue weighted by Crippen LogP contribution is 2.59. The van der Waals surface area contributed by atoms with Crippen LogP contribution in [0.2, 0.25) is 5.02 Å². The summed E-state index contributed by atoms with van der Waals surface area (Å²) < 4.78 is 12.3. The van der Waals surface area contributed by atoms with E-state index >= 15 is 0 Å². The van der Waals surface area contributed by atoms with Crippen molar-refractivity contribution in [2.75, 3.05) is 42.6 Å². The topological polar surface area (TPSA) is 99.6 Å². The van der Waals surface area contributed by atoms with Crippen molar-refractivity contribution >= 4 is 40.7 Å². The highest BCUT2D eigenvalue weighted by atomic mass is 35.5. The van der Waals surface area contributed by atoms with Gasteiger partial charge in [0, 0.05) is 31.9 Å². The van der Waals surface area contributed by atoms with Crippen LogP contribution in [0.25, 0.3) is 0 Å². The lowest BCUT2D eigenvalue weighted by Crippen LogP contribution is -2.56. The highest BCUT2D eigenvalue weighted by Gasteiger charge is 2.75. The van der Waals surface area contributed by atoms with Crippen molar-refractivity contribution in [2.24, 2.45) is 11.8 Å². The van der Waals surface area contributed by atoms with Gasteiger partial charge < -0.3 is 29.3 Å². The van der Waals surface area contributed by atoms with Gasteiger partial charge in [0.15, 0.2) is 0 Å². The second-order valence-corrected chi connectivity index (χ2v) is 12.5. The number of anilines is 2. The average molecular weight is 650 g/mol. The van der Waals surface area contributed by atoms with Crippen LogP contribution in [0.15, 0.2) is 73.8 Å². The van der Waals surface area contributed by atoms with Crippen LogP contribution in [0.4, 0.5) is 11.4 Å². The van der Waals surface area contributed by atoms with Gasteiger partial charge in [-0.25, -0.2) is 0 Å². The molecule has 2 aromatic carbocycles. The van der Waals surface area contributed by atoms with Gasteiger partial charge in [-0.1, -0.05) is 48.7 Å².